The number of benzene rings is 1. The molecule has 6 heteroatoms. The van der Waals surface area contributed by atoms with E-state index >= 15 is 0 Å². The van der Waals surface area contributed by atoms with Crippen molar-refractivity contribution in [1.82, 2.24) is 15.5 Å². The van der Waals surface area contributed by atoms with Crippen molar-refractivity contribution < 1.29 is 4.52 Å². The van der Waals surface area contributed by atoms with Crippen LogP contribution >= 0.6 is 23.2 Å². The number of rotatable bonds is 3. The molecule has 4 nitrogen and oxygen atoms in total. The zero-order valence-electron chi connectivity index (χ0n) is 10.2. The number of hydrogen-bond acceptors (Lipinski definition) is 4. The molecule has 0 amide bonds. The average Bonchev–Trinajstić information content (AvgIpc) is 2.99. The predicted octanol–water partition coefficient (Wildman–Crippen LogP) is 3.34. The molecular weight excluding hydrogens is 285 g/mol. The van der Waals surface area contributed by atoms with Gasteiger partial charge in [-0.25, -0.2) is 0 Å². The lowest BCUT2D eigenvalue weighted by molar-refractivity contribution is 0.364. The Bertz CT molecular complexity index is 559. The number of halogens is 2. The molecule has 0 saturated carbocycles. The maximum atomic E-state index is 5.96. The normalized spacial score (nSPS) is 18.9. The molecule has 2 aromatic rings. The molecule has 3 rings (SSSR count). The zero-order chi connectivity index (χ0) is 13.2. The summed E-state index contributed by atoms with van der Waals surface area (Å²) in [6.07, 6.45) is 3.12. The summed E-state index contributed by atoms with van der Waals surface area (Å²) in [6, 6.07) is 5.67. The summed E-state index contributed by atoms with van der Waals surface area (Å²) in [5.74, 6) is 1.17. The van der Waals surface area contributed by atoms with Gasteiger partial charge in [-0.15, -0.1) is 0 Å². The van der Waals surface area contributed by atoms with Crippen molar-refractivity contribution in [3.05, 3.63) is 34.1 Å². The van der Waals surface area contributed by atoms with E-state index in [1.807, 2.05) is 0 Å². The highest BCUT2D eigenvalue weighted by Gasteiger charge is 2.18. The quantitative estimate of drug-likeness (QED) is 0.944. The summed E-state index contributed by atoms with van der Waals surface area (Å²) >= 11 is 11.9. The predicted molar refractivity (Wildman–Crippen MR) is 74.5 cm³/mol. The van der Waals surface area contributed by atoms with Gasteiger partial charge in [0, 0.05) is 28.1 Å². The van der Waals surface area contributed by atoms with Crippen LogP contribution in [0.2, 0.25) is 10.0 Å². The highest BCUT2D eigenvalue weighted by molar-refractivity contribution is 6.35. The van der Waals surface area contributed by atoms with Gasteiger partial charge < -0.3 is 9.84 Å². The first-order chi connectivity index (χ1) is 9.20. The summed E-state index contributed by atoms with van der Waals surface area (Å²) in [5, 5.41) is 8.50. The lowest BCUT2D eigenvalue weighted by atomic mass is 10.1. The summed E-state index contributed by atoms with van der Waals surface area (Å²) < 4.78 is 5.27. The van der Waals surface area contributed by atoms with E-state index in [4.69, 9.17) is 27.7 Å². The van der Waals surface area contributed by atoms with Crippen molar-refractivity contribution in [2.45, 2.75) is 25.3 Å². The van der Waals surface area contributed by atoms with E-state index in [2.05, 4.69) is 15.5 Å². The third-order valence-electron chi connectivity index (χ3n) is 3.17. The number of nitrogens with zero attached hydrogens (tertiary/aromatic N) is 2. The fourth-order valence-corrected chi connectivity index (χ4v) is 2.81. The Morgan fingerprint density at radius 2 is 2.05 bits per heavy atom. The Hall–Kier alpha value is -1.10. The lowest BCUT2D eigenvalue weighted by Crippen LogP contribution is -2.23. The standard InChI is InChI=1S/C13H13Cl2N3O/c14-9-4-8(5-10(15)6-9)13-17-12(19-18-13)7-11-2-1-3-16-11/h4-6,11,16H,1-3,7H2. The lowest BCUT2D eigenvalue weighted by Gasteiger charge is -2.04. The van der Waals surface area contributed by atoms with Gasteiger partial charge in [0.2, 0.25) is 11.7 Å². The molecule has 1 aromatic heterocycles. The van der Waals surface area contributed by atoms with Crippen LogP contribution in [0.1, 0.15) is 18.7 Å². The van der Waals surface area contributed by atoms with Crippen molar-refractivity contribution in [2.24, 2.45) is 0 Å². The molecule has 1 N–H and O–H groups in total. The van der Waals surface area contributed by atoms with Crippen molar-refractivity contribution in [3.8, 4) is 11.4 Å². The van der Waals surface area contributed by atoms with Crippen LogP contribution < -0.4 is 5.32 Å². The molecule has 1 atom stereocenters. The minimum Gasteiger partial charge on any atom is -0.339 e. The summed E-state index contributed by atoms with van der Waals surface area (Å²) in [4.78, 5) is 4.39. The molecule has 1 aromatic carbocycles. The largest absolute Gasteiger partial charge is 0.339 e. The van der Waals surface area contributed by atoms with Gasteiger partial charge in [0.25, 0.3) is 0 Å². The number of aromatic nitrogens is 2. The van der Waals surface area contributed by atoms with Gasteiger partial charge in [0.05, 0.1) is 0 Å². The van der Waals surface area contributed by atoms with Crippen LogP contribution in [0.15, 0.2) is 22.7 Å². The topological polar surface area (TPSA) is 51.0 Å². The maximum Gasteiger partial charge on any atom is 0.228 e. The molecule has 1 saturated heterocycles. The van der Waals surface area contributed by atoms with Gasteiger partial charge in [-0.05, 0) is 37.6 Å². The minimum atomic E-state index is 0.441. The molecule has 0 bridgehead atoms. The molecule has 0 aliphatic carbocycles. The third-order valence-corrected chi connectivity index (χ3v) is 3.61. The van der Waals surface area contributed by atoms with Crippen LogP contribution in [-0.2, 0) is 6.42 Å². The van der Waals surface area contributed by atoms with Gasteiger partial charge in [-0.2, -0.15) is 4.98 Å². The Kier molecular flexibility index (Phi) is 3.73. The first-order valence-electron chi connectivity index (χ1n) is 6.23. The summed E-state index contributed by atoms with van der Waals surface area (Å²) in [5.41, 5.74) is 0.770. The Morgan fingerprint density at radius 1 is 1.26 bits per heavy atom. The number of nitrogens with one attached hydrogen (secondary N) is 1. The molecule has 1 aliphatic heterocycles. The highest BCUT2D eigenvalue weighted by atomic mass is 35.5. The average molecular weight is 298 g/mol. The first-order valence-corrected chi connectivity index (χ1v) is 6.99. The Balaban J connectivity index is 1.79. The number of hydrogen-bond donors (Lipinski definition) is 1. The van der Waals surface area contributed by atoms with Crippen LogP contribution in [0.3, 0.4) is 0 Å². The van der Waals surface area contributed by atoms with Gasteiger partial charge in [0.15, 0.2) is 0 Å². The fraction of sp³-hybridized carbons (Fsp3) is 0.385. The second-order valence-electron chi connectivity index (χ2n) is 4.67. The van der Waals surface area contributed by atoms with Crippen molar-refractivity contribution in [2.75, 3.05) is 6.54 Å². The van der Waals surface area contributed by atoms with Gasteiger partial charge in [-0.1, -0.05) is 28.4 Å². The molecule has 1 unspecified atom stereocenters. The second-order valence-corrected chi connectivity index (χ2v) is 5.54. The van der Waals surface area contributed by atoms with Gasteiger partial charge in [-0.3, -0.25) is 0 Å². The van der Waals surface area contributed by atoms with E-state index in [0.717, 1.165) is 24.9 Å². The minimum absolute atomic E-state index is 0.441. The SMILES string of the molecule is Clc1cc(Cl)cc(-c2noc(CC3CCCN3)n2)c1. The Morgan fingerprint density at radius 3 is 2.74 bits per heavy atom. The van der Waals surface area contributed by atoms with Crippen molar-refractivity contribution >= 4 is 23.2 Å². The van der Waals surface area contributed by atoms with Gasteiger partial charge in [0.1, 0.15) is 0 Å². The van der Waals surface area contributed by atoms with Crippen LogP contribution in [0.4, 0.5) is 0 Å². The molecule has 100 valence electrons. The van der Waals surface area contributed by atoms with Gasteiger partial charge >= 0.3 is 0 Å². The molecule has 0 radical (unpaired) electrons. The van der Waals surface area contributed by atoms with E-state index in [1.165, 1.54) is 6.42 Å². The molecule has 2 heterocycles. The second kappa shape index (κ2) is 5.49. The van der Waals surface area contributed by atoms with Crippen LogP contribution in [0, 0.1) is 0 Å². The van der Waals surface area contributed by atoms with E-state index < -0.39 is 0 Å². The molecule has 0 spiro atoms. The van der Waals surface area contributed by atoms with E-state index in [-0.39, 0.29) is 0 Å². The van der Waals surface area contributed by atoms with Crippen molar-refractivity contribution in [1.29, 1.82) is 0 Å². The van der Waals surface area contributed by atoms with Crippen LogP contribution in [-0.4, -0.2) is 22.7 Å². The maximum absolute atomic E-state index is 5.96. The third kappa shape index (κ3) is 3.08. The fourth-order valence-electron chi connectivity index (χ4n) is 2.28. The van der Waals surface area contributed by atoms with Crippen molar-refractivity contribution in [3.63, 3.8) is 0 Å². The van der Waals surface area contributed by atoms with E-state index in [0.29, 0.717) is 27.8 Å². The van der Waals surface area contributed by atoms with E-state index in [9.17, 15) is 0 Å². The first kappa shape index (κ1) is 12.9. The summed E-state index contributed by atoms with van der Waals surface area (Å²) in [6.45, 7) is 1.07. The zero-order valence-corrected chi connectivity index (χ0v) is 11.7. The molecular formula is C13H13Cl2N3O. The monoisotopic (exact) mass is 297 g/mol. The molecule has 19 heavy (non-hydrogen) atoms. The molecule has 1 fully saturated rings. The van der Waals surface area contributed by atoms with E-state index in [1.54, 1.807) is 18.2 Å². The summed E-state index contributed by atoms with van der Waals surface area (Å²) in [7, 11) is 0. The van der Waals surface area contributed by atoms with Crippen LogP contribution in [0.5, 0.6) is 0 Å². The molecule has 1 aliphatic rings. The van der Waals surface area contributed by atoms with Crippen LogP contribution in [0.25, 0.3) is 11.4 Å². The smallest absolute Gasteiger partial charge is 0.228 e. The highest BCUT2D eigenvalue weighted by Crippen LogP contribution is 2.25. The Labute approximate surface area is 121 Å².